The molecule has 0 aromatic rings. The van der Waals surface area contributed by atoms with Gasteiger partial charge in [-0.15, -0.1) is 0 Å². The van der Waals surface area contributed by atoms with E-state index in [0.29, 0.717) is 23.3 Å². The molecular formula is C10H20N2O3S2. The van der Waals surface area contributed by atoms with Gasteiger partial charge in [0.05, 0.1) is 5.75 Å². The van der Waals surface area contributed by atoms with Gasteiger partial charge in [-0.3, -0.25) is 9.55 Å². The predicted molar refractivity (Wildman–Crippen MR) is 71.7 cm³/mol. The van der Waals surface area contributed by atoms with E-state index in [-0.39, 0.29) is 11.6 Å². The maximum atomic E-state index is 10.5. The highest BCUT2D eigenvalue weighted by Gasteiger charge is 2.12. The summed E-state index contributed by atoms with van der Waals surface area (Å²) in [5.41, 5.74) is 5.59. The first kappa shape index (κ1) is 14.8. The maximum absolute atomic E-state index is 10.5. The molecule has 100 valence electrons. The summed E-state index contributed by atoms with van der Waals surface area (Å²) in [5, 5.41) is 0. The molecule has 0 aliphatic heterocycles. The van der Waals surface area contributed by atoms with Crippen LogP contribution < -0.4 is 5.73 Å². The molecule has 5 nitrogen and oxygen atoms in total. The molecule has 0 unspecified atom stereocenters. The molecule has 0 amide bonds. The fourth-order valence-corrected chi connectivity index (χ4v) is 3.14. The average Bonchev–Trinajstić information content (AvgIpc) is 2.51. The van der Waals surface area contributed by atoms with Gasteiger partial charge in [-0.05, 0) is 18.8 Å². The molecule has 1 fully saturated rings. The van der Waals surface area contributed by atoms with Gasteiger partial charge in [-0.25, -0.2) is 0 Å². The Labute approximate surface area is 106 Å². The number of nitrogens with zero attached hydrogens (tertiary/aromatic N) is 1. The molecule has 7 heteroatoms. The van der Waals surface area contributed by atoms with Gasteiger partial charge in [-0.2, -0.15) is 8.42 Å². The number of hydrogen-bond acceptors (Lipinski definition) is 4. The van der Waals surface area contributed by atoms with Gasteiger partial charge in [0.15, 0.2) is 0 Å². The molecule has 3 N–H and O–H groups in total. The van der Waals surface area contributed by atoms with Crippen molar-refractivity contribution in [2.24, 2.45) is 16.6 Å². The van der Waals surface area contributed by atoms with Gasteiger partial charge >= 0.3 is 9.15 Å². The third-order valence-corrected chi connectivity index (χ3v) is 4.84. The summed E-state index contributed by atoms with van der Waals surface area (Å²) in [4.78, 5) is 4.19. The lowest BCUT2D eigenvalue weighted by Crippen LogP contribution is -2.18. The first-order chi connectivity index (χ1) is 7.97. The van der Waals surface area contributed by atoms with Crippen LogP contribution >= 0.6 is 10.8 Å². The Hall–Kier alpha value is -0.270. The van der Waals surface area contributed by atoms with Crippen LogP contribution in [0, 0.1) is 5.92 Å². The molecule has 0 aromatic heterocycles. The van der Waals surface area contributed by atoms with E-state index in [2.05, 4.69) is 4.99 Å². The van der Waals surface area contributed by atoms with Crippen LogP contribution in [0.2, 0.25) is 0 Å². The quantitative estimate of drug-likeness (QED) is 0.263. The number of nitrogens with two attached hydrogens (primary N) is 1. The Morgan fingerprint density at radius 2 is 1.88 bits per heavy atom. The Bertz CT molecular complexity index is 347. The van der Waals surface area contributed by atoms with E-state index in [1.54, 1.807) is 0 Å². The van der Waals surface area contributed by atoms with Gasteiger partial charge in [0.25, 0.3) is 0 Å². The van der Waals surface area contributed by atoms with Crippen LogP contribution in [0.4, 0.5) is 0 Å². The summed E-state index contributed by atoms with van der Waals surface area (Å²) in [6, 6.07) is 0. The van der Waals surface area contributed by atoms with Gasteiger partial charge in [-0.1, -0.05) is 25.7 Å². The average molecular weight is 280 g/mol. The summed E-state index contributed by atoms with van der Waals surface area (Å²) in [6.45, 7) is 0.678. The zero-order chi connectivity index (χ0) is 12.7. The van der Waals surface area contributed by atoms with Crippen molar-refractivity contribution in [1.29, 1.82) is 0 Å². The van der Waals surface area contributed by atoms with Crippen LogP contribution in [0.5, 0.6) is 0 Å². The van der Waals surface area contributed by atoms with E-state index in [0.717, 1.165) is 0 Å². The number of aliphatic imine (C=N–C) groups is 1. The molecule has 0 saturated heterocycles. The second-order valence-electron chi connectivity index (χ2n) is 4.38. The maximum Gasteiger partial charge on any atom is 0.320 e. The first-order valence-electron chi connectivity index (χ1n) is 5.88. The van der Waals surface area contributed by atoms with Gasteiger partial charge < -0.3 is 5.73 Å². The molecule has 0 bridgehead atoms. The molecule has 1 aliphatic carbocycles. The lowest BCUT2D eigenvalue weighted by molar-refractivity contribution is 0.472. The third-order valence-electron chi connectivity index (χ3n) is 2.88. The fraction of sp³-hybridized carbons (Fsp3) is 0.900. The van der Waals surface area contributed by atoms with Crippen LogP contribution in [0.1, 0.15) is 38.5 Å². The summed E-state index contributed by atoms with van der Waals surface area (Å²) in [6.07, 6.45) is 7.47. The molecule has 0 spiro atoms. The van der Waals surface area contributed by atoms with E-state index < -0.39 is 9.15 Å². The van der Waals surface area contributed by atoms with Crippen LogP contribution in [-0.2, 0) is 9.15 Å². The molecule has 1 saturated carbocycles. The third kappa shape index (κ3) is 7.62. The van der Waals surface area contributed by atoms with Crippen LogP contribution in [0.3, 0.4) is 0 Å². The zero-order valence-electron chi connectivity index (χ0n) is 9.84. The highest BCUT2D eigenvalue weighted by molar-refractivity contribution is 8.70. The van der Waals surface area contributed by atoms with Crippen molar-refractivity contribution in [2.75, 3.05) is 12.3 Å². The Balaban J connectivity index is 2.30. The highest BCUT2D eigenvalue weighted by atomic mass is 33.1. The highest BCUT2D eigenvalue weighted by Crippen LogP contribution is 2.23. The van der Waals surface area contributed by atoms with E-state index in [1.807, 2.05) is 0 Å². The molecule has 0 aromatic carbocycles. The molecule has 0 radical (unpaired) electrons. The smallest absolute Gasteiger partial charge is 0.320 e. The van der Waals surface area contributed by atoms with Crippen molar-refractivity contribution in [3.63, 3.8) is 0 Å². The van der Waals surface area contributed by atoms with Crippen molar-refractivity contribution in [3.05, 3.63) is 0 Å². The second-order valence-corrected chi connectivity index (χ2v) is 7.73. The summed E-state index contributed by atoms with van der Waals surface area (Å²) in [5.74, 6) is 0.898. The molecular weight excluding hydrogens is 260 g/mol. The van der Waals surface area contributed by atoms with Gasteiger partial charge in [0.1, 0.15) is 5.84 Å². The van der Waals surface area contributed by atoms with Crippen LogP contribution in [0.15, 0.2) is 4.99 Å². The predicted octanol–water partition coefficient (Wildman–Crippen LogP) is 1.85. The number of rotatable bonds is 5. The molecule has 17 heavy (non-hydrogen) atoms. The summed E-state index contributed by atoms with van der Waals surface area (Å²) in [7, 11) is -3.61. The van der Waals surface area contributed by atoms with E-state index in [4.69, 9.17) is 10.3 Å². The molecule has 1 rings (SSSR count). The standard InChI is InChI=1S/C10H20N2O3S2/c11-10(8-16-17(13,14)15)12-7-9-5-3-1-2-4-6-9/h9H,1-8H2,(H2,11,12)(H,13,14,15). The van der Waals surface area contributed by atoms with Crippen molar-refractivity contribution >= 4 is 25.8 Å². The summed E-state index contributed by atoms with van der Waals surface area (Å²) < 4.78 is 29.5. The number of amidine groups is 1. The Kier molecular flexibility index (Phi) is 6.29. The minimum Gasteiger partial charge on any atom is -0.387 e. The SMILES string of the molecule is NC(CSS(=O)(=O)O)=NCC1CCCCCC1. The molecule has 0 heterocycles. The van der Waals surface area contributed by atoms with Gasteiger partial charge in [0, 0.05) is 17.3 Å². The topological polar surface area (TPSA) is 92.8 Å². The molecule has 0 atom stereocenters. The van der Waals surface area contributed by atoms with E-state index in [1.165, 1.54) is 38.5 Å². The van der Waals surface area contributed by atoms with Crippen LogP contribution in [-0.4, -0.2) is 31.1 Å². The molecule has 1 aliphatic rings. The monoisotopic (exact) mass is 280 g/mol. The van der Waals surface area contributed by atoms with Crippen molar-refractivity contribution in [2.45, 2.75) is 38.5 Å². The lowest BCUT2D eigenvalue weighted by Gasteiger charge is -2.10. The lowest BCUT2D eigenvalue weighted by atomic mass is 10.0. The Morgan fingerprint density at radius 3 is 2.41 bits per heavy atom. The van der Waals surface area contributed by atoms with Crippen molar-refractivity contribution in [1.82, 2.24) is 0 Å². The first-order valence-corrected chi connectivity index (χ1v) is 8.82. The van der Waals surface area contributed by atoms with Crippen molar-refractivity contribution in [3.8, 4) is 0 Å². The summed E-state index contributed by atoms with van der Waals surface area (Å²) >= 11 is 0. The van der Waals surface area contributed by atoms with Gasteiger partial charge in [0.2, 0.25) is 0 Å². The minimum atomic E-state index is -4.01. The fourth-order valence-electron chi connectivity index (χ4n) is 1.97. The largest absolute Gasteiger partial charge is 0.387 e. The van der Waals surface area contributed by atoms with E-state index in [9.17, 15) is 8.42 Å². The minimum absolute atomic E-state index is 0.0333. The van der Waals surface area contributed by atoms with Crippen molar-refractivity contribution < 1.29 is 13.0 Å². The normalized spacial score (nSPS) is 20.2. The second kappa shape index (κ2) is 7.23. The van der Waals surface area contributed by atoms with E-state index >= 15 is 0 Å². The number of hydrogen-bond donors (Lipinski definition) is 2. The Morgan fingerprint density at radius 1 is 1.29 bits per heavy atom. The zero-order valence-corrected chi connectivity index (χ0v) is 11.5. The van der Waals surface area contributed by atoms with Crippen LogP contribution in [0.25, 0.3) is 0 Å².